The molecule has 132 valence electrons. The fourth-order valence-corrected chi connectivity index (χ4v) is 3.22. The van der Waals surface area contributed by atoms with E-state index >= 15 is 0 Å². The number of nitrogens with one attached hydrogen (secondary N) is 1. The molecule has 0 saturated heterocycles. The summed E-state index contributed by atoms with van der Waals surface area (Å²) in [6, 6.07) is 10.2. The Kier molecular flexibility index (Phi) is 3.39. The van der Waals surface area contributed by atoms with Crippen molar-refractivity contribution >= 4 is 44.5 Å². The molecule has 7 heteroatoms. The first-order valence-electron chi connectivity index (χ1n) is 8.61. The number of fused-ring (bicyclic) bond motifs is 5. The lowest BCUT2D eigenvalue weighted by Gasteiger charge is -2.14. The highest BCUT2D eigenvalue weighted by Gasteiger charge is 2.14. The highest BCUT2D eigenvalue weighted by Crippen LogP contribution is 2.31. The molecule has 5 aromatic rings. The number of hydrogen-bond acceptors (Lipinski definition) is 6. The maximum atomic E-state index is 4.87. The summed E-state index contributed by atoms with van der Waals surface area (Å²) in [5.74, 6) is 0.774. The molecule has 0 aliphatic heterocycles. The Labute approximate surface area is 155 Å². The zero-order valence-corrected chi connectivity index (χ0v) is 15.0. The van der Waals surface area contributed by atoms with E-state index in [1.807, 2.05) is 44.7 Å². The van der Waals surface area contributed by atoms with E-state index in [0.717, 1.165) is 44.5 Å². The van der Waals surface area contributed by atoms with Gasteiger partial charge >= 0.3 is 0 Å². The predicted octanol–water partition coefficient (Wildman–Crippen LogP) is 3.64. The summed E-state index contributed by atoms with van der Waals surface area (Å²) in [5, 5.41) is 10.0. The van der Waals surface area contributed by atoms with Gasteiger partial charge in [0, 0.05) is 61.0 Å². The summed E-state index contributed by atoms with van der Waals surface area (Å²) in [7, 11) is 4.05. The highest BCUT2D eigenvalue weighted by atomic mass is 15.2. The summed E-state index contributed by atoms with van der Waals surface area (Å²) in [6.45, 7) is 0. The summed E-state index contributed by atoms with van der Waals surface area (Å²) >= 11 is 0. The van der Waals surface area contributed by atoms with Gasteiger partial charge in [-0.2, -0.15) is 5.10 Å². The van der Waals surface area contributed by atoms with Gasteiger partial charge < -0.3 is 10.2 Å². The first-order chi connectivity index (χ1) is 13.2. The van der Waals surface area contributed by atoms with E-state index in [-0.39, 0.29) is 0 Å². The van der Waals surface area contributed by atoms with Gasteiger partial charge in [0.1, 0.15) is 22.4 Å². The van der Waals surface area contributed by atoms with Gasteiger partial charge in [0.15, 0.2) is 0 Å². The van der Waals surface area contributed by atoms with Crippen LogP contribution in [0.15, 0.2) is 61.3 Å². The van der Waals surface area contributed by atoms with Crippen molar-refractivity contribution in [1.82, 2.24) is 24.6 Å². The largest absolute Gasteiger partial charge is 0.378 e. The fourth-order valence-electron chi connectivity index (χ4n) is 3.22. The summed E-state index contributed by atoms with van der Waals surface area (Å²) in [6.07, 6.45) is 8.92. The van der Waals surface area contributed by atoms with Crippen LogP contribution >= 0.6 is 0 Å². The lowest BCUT2D eigenvalue weighted by Crippen LogP contribution is -2.08. The molecular weight excluding hydrogens is 338 g/mol. The van der Waals surface area contributed by atoms with Crippen LogP contribution in [0.2, 0.25) is 0 Å². The van der Waals surface area contributed by atoms with E-state index < -0.39 is 0 Å². The third-order valence-corrected chi connectivity index (χ3v) is 4.61. The highest BCUT2D eigenvalue weighted by molar-refractivity contribution is 6.12. The number of nitrogens with zero attached hydrogens (tertiary/aromatic N) is 6. The van der Waals surface area contributed by atoms with E-state index in [1.54, 1.807) is 23.1 Å². The number of anilines is 3. The molecule has 4 aromatic heterocycles. The lowest BCUT2D eigenvalue weighted by atomic mass is 10.1. The third-order valence-electron chi connectivity index (χ3n) is 4.61. The topological polar surface area (TPSA) is 71.2 Å². The van der Waals surface area contributed by atoms with Crippen LogP contribution in [0.4, 0.5) is 17.2 Å². The maximum Gasteiger partial charge on any atom is 0.139 e. The quantitative estimate of drug-likeness (QED) is 0.533. The van der Waals surface area contributed by atoms with E-state index in [2.05, 4.69) is 37.4 Å². The minimum Gasteiger partial charge on any atom is -0.378 e. The summed E-state index contributed by atoms with van der Waals surface area (Å²) < 4.78 is 1.80. The molecule has 5 rings (SSSR count). The average molecular weight is 355 g/mol. The Hall–Kier alpha value is -3.74. The Morgan fingerprint density at radius 3 is 2.52 bits per heavy atom. The SMILES string of the molecule is CN(C)c1ccc(Nc2nc3c(nn4ccncc34)c3cnccc23)cc1. The van der Waals surface area contributed by atoms with Crippen molar-refractivity contribution in [3.63, 3.8) is 0 Å². The smallest absolute Gasteiger partial charge is 0.139 e. The number of hydrogen-bond donors (Lipinski definition) is 1. The van der Waals surface area contributed by atoms with Crippen LogP contribution in [0.25, 0.3) is 27.3 Å². The third kappa shape index (κ3) is 2.52. The van der Waals surface area contributed by atoms with Crippen molar-refractivity contribution in [2.75, 3.05) is 24.3 Å². The van der Waals surface area contributed by atoms with Crippen LogP contribution in [-0.2, 0) is 0 Å². The van der Waals surface area contributed by atoms with Crippen molar-refractivity contribution in [3.05, 3.63) is 61.3 Å². The van der Waals surface area contributed by atoms with E-state index in [9.17, 15) is 0 Å². The van der Waals surface area contributed by atoms with Crippen molar-refractivity contribution in [1.29, 1.82) is 0 Å². The van der Waals surface area contributed by atoms with Gasteiger partial charge in [-0.15, -0.1) is 0 Å². The molecule has 0 atom stereocenters. The van der Waals surface area contributed by atoms with Gasteiger partial charge in [0.2, 0.25) is 0 Å². The molecule has 0 amide bonds. The fraction of sp³-hybridized carbons (Fsp3) is 0.100. The molecular formula is C20H17N7. The Balaban J connectivity index is 1.71. The minimum atomic E-state index is 0.774. The van der Waals surface area contributed by atoms with Crippen LogP contribution in [-0.4, -0.2) is 38.7 Å². The number of benzene rings is 1. The Morgan fingerprint density at radius 1 is 0.889 bits per heavy atom. The van der Waals surface area contributed by atoms with E-state index in [4.69, 9.17) is 4.98 Å². The van der Waals surface area contributed by atoms with Crippen molar-refractivity contribution < 1.29 is 0 Å². The van der Waals surface area contributed by atoms with Crippen molar-refractivity contribution in [3.8, 4) is 0 Å². The summed E-state index contributed by atoms with van der Waals surface area (Å²) in [4.78, 5) is 15.4. The molecule has 0 aliphatic carbocycles. The van der Waals surface area contributed by atoms with Gasteiger partial charge in [0.25, 0.3) is 0 Å². The molecule has 0 unspecified atom stereocenters. The molecule has 0 bridgehead atoms. The van der Waals surface area contributed by atoms with Gasteiger partial charge in [0.05, 0.1) is 6.20 Å². The molecule has 27 heavy (non-hydrogen) atoms. The monoisotopic (exact) mass is 355 g/mol. The second-order valence-electron chi connectivity index (χ2n) is 6.55. The van der Waals surface area contributed by atoms with Crippen LogP contribution in [0.3, 0.4) is 0 Å². The minimum absolute atomic E-state index is 0.774. The molecule has 0 radical (unpaired) electrons. The maximum absolute atomic E-state index is 4.87. The molecule has 0 aliphatic rings. The average Bonchev–Trinajstić information content (AvgIpc) is 3.07. The van der Waals surface area contributed by atoms with Crippen molar-refractivity contribution in [2.45, 2.75) is 0 Å². The molecule has 0 spiro atoms. The standard InChI is InChI=1S/C20H17N7/c1-26(2)14-5-3-13(4-6-14)23-20-15-7-8-21-11-16(15)18-19(24-20)17-12-22-9-10-27(17)25-18/h3-12H,1-2H3,(H,23,24). The first kappa shape index (κ1) is 15.5. The molecule has 0 saturated carbocycles. The van der Waals surface area contributed by atoms with Gasteiger partial charge in [-0.1, -0.05) is 0 Å². The van der Waals surface area contributed by atoms with Crippen LogP contribution in [0.5, 0.6) is 0 Å². The van der Waals surface area contributed by atoms with Gasteiger partial charge in [-0.25, -0.2) is 9.50 Å². The molecule has 1 aromatic carbocycles. The lowest BCUT2D eigenvalue weighted by molar-refractivity contribution is 0.965. The molecule has 4 heterocycles. The van der Waals surface area contributed by atoms with E-state index in [0.29, 0.717) is 0 Å². The molecule has 1 N–H and O–H groups in total. The van der Waals surface area contributed by atoms with Crippen LogP contribution in [0.1, 0.15) is 0 Å². The number of pyridine rings is 2. The van der Waals surface area contributed by atoms with Crippen LogP contribution < -0.4 is 10.2 Å². The first-order valence-corrected chi connectivity index (χ1v) is 8.61. The second-order valence-corrected chi connectivity index (χ2v) is 6.55. The Bertz CT molecular complexity index is 1270. The number of rotatable bonds is 3. The summed E-state index contributed by atoms with van der Waals surface area (Å²) in [5.41, 5.74) is 4.60. The predicted molar refractivity (Wildman–Crippen MR) is 108 cm³/mol. The van der Waals surface area contributed by atoms with Crippen LogP contribution in [0, 0.1) is 0 Å². The zero-order valence-electron chi connectivity index (χ0n) is 15.0. The van der Waals surface area contributed by atoms with Crippen molar-refractivity contribution in [2.24, 2.45) is 0 Å². The molecule has 0 fully saturated rings. The normalized spacial score (nSPS) is 11.3. The van der Waals surface area contributed by atoms with Gasteiger partial charge in [-0.05, 0) is 30.3 Å². The number of aromatic nitrogens is 5. The molecule has 7 nitrogen and oxygen atoms in total. The van der Waals surface area contributed by atoms with Gasteiger partial charge in [-0.3, -0.25) is 9.97 Å². The van der Waals surface area contributed by atoms with E-state index in [1.165, 1.54) is 0 Å². The second kappa shape index (κ2) is 5.91. The Morgan fingerprint density at radius 2 is 1.70 bits per heavy atom. The zero-order chi connectivity index (χ0) is 18.4.